The van der Waals surface area contributed by atoms with Crippen molar-refractivity contribution in [3.8, 4) is 11.3 Å². The van der Waals surface area contributed by atoms with E-state index in [1.165, 1.54) is 7.11 Å². The number of piperidine rings is 1. The maximum Gasteiger partial charge on any atom is 0.409 e. The van der Waals surface area contributed by atoms with Crippen molar-refractivity contribution in [3.63, 3.8) is 0 Å². The van der Waals surface area contributed by atoms with Crippen LogP contribution in [0.25, 0.3) is 11.3 Å². The molecule has 1 aliphatic rings. The Kier molecular flexibility index (Phi) is 4.58. The Morgan fingerprint density at radius 1 is 1.41 bits per heavy atom. The van der Waals surface area contributed by atoms with Gasteiger partial charge in [0.15, 0.2) is 5.13 Å². The third kappa shape index (κ3) is 3.39. The van der Waals surface area contributed by atoms with E-state index in [0.717, 1.165) is 35.8 Å². The van der Waals surface area contributed by atoms with Crippen LogP contribution in [0, 0.1) is 0 Å². The van der Waals surface area contributed by atoms with Crippen LogP contribution < -0.4 is 5.32 Å². The summed E-state index contributed by atoms with van der Waals surface area (Å²) in [4.78, 5) is 18.0. The number of aromatic nitrogens is 1. The number of anilines is 1. The summed E-state index contributed by atoms with van der Waals surface area (Å²) in [7, 11) is 1.42. The van der Waals surface area contributed by atoms with Gasteiger partial charge in [-0.05, 0) is 12.8 Å². The van der Waals surface area contributed by atoms with Crippen molar-refractivity contribution in [3.05, 3.63) is 35.7 Å². The van der Waals surface area contributed by atoms with E-state index in [4.69, 9.17) is 4.74 Å². The number of likely N-dealkylation sites (tertiary alicyclic amines) is 1. The summed E-state index contributed by atoms with van der Waals surface area (Å²) >= 11 is 1.60. The normalized spacial score (nSPS) is 18.0. The molecule has 1 aromatic carbocycles. The molecule has 0 aliphatic carbocycles. The van der Waals surface area contributed by atoms with Crippen molar-refractivity contribution < 1.29 is 9.53 Å². The lowest BCUT2D eigenvalue weighted by Gasteiger charge is -2.31. The smallest absolute Gasteiger partial charge is 0.409 e. The maximum atomic E-state index is 11.6. The lowest BCUT2D eigenvalue weighted by atomic mass is 10.1. The van der Waals surface area contributed by atoms with Crippen molar-refractivity contribution in [1.82, 2.24) is 9.88 Å². The van der Waals surface area contributed by atoms with Crippen LogP contribution in [-0.2, 0) is 4.74 Å². The molecule has 1 unspecified atom stereocenters. The molecule has 1 aliphatic heterocycles. The molecule has 2 heterocycles. The van der Waals surface area contributed by atoms with Gasteiger partial charge in [-0.2, -0.15) is 0 Å². The highest BCUT2D eigenvalue weighted by Crippen LogP contribution is 2.26. The fourth-order valence-electron chi connectivity index (χ4n) is 2.65. The zero-order valence-corrected chi connectivity index (χ0v) is 13.3. The molecule has 1 fully saturated rings. The molecule has 1 aromatic heterocycles. The highest BCUT2D eigenvalue weighted by molar-refractivity contribution is 7.14. The molecule has 0 saturated carbocycles. The molecular formula is C16H19N3O2S. The van der Waals surface area contributed by atoms with E-state index in [-0.39, 0.29) is 12.1 Å². The number of nitrogens with zero attached hydrogens (tertiary/aromatic N) is 2. The molecule has 0 bridgehead atoms. The van der Waals surface area contributed by atoms with E-state index in [0.29, 0.717) is 6.54 Å². The van der Waals surface area contributed by atoms with Crippen molar-refractivity contribution in [1.29, 1.82) is 0 Å². The Morgan fingerprint density at radius 2 is 2.23 bits per heavy atom. The van der Waals surface area contributed by atoms with Gasteiger partial charge < -0.3 is 15.0 Å². The Labute approximate surface area is 133 Å². The summed E-state index contributed by atoms with van der Waals surface area (Å²) in [6.07, 6.45) is 1.76. The SMILES string of the molecule is COC(=O)N1CCCC(Nc2nc(-c3ccccc3)cs2)C1. The number of ether oxygens (including phenoxy) is 1. The standard InChI is InChI=1S/C16H19N3O2S/c1-21-16(20)19-9-5-8-13(10-19)17-15-18-14(11-22-15)12-6-3-2-4-7-12/h2-4,6-7,11,13H,5,8-10H2,1H3,(H,17,18). The number of hydrogen-bond acceptors (Lipinski definition) is 5. The van der Waals surface area contributed by atoms with Gasteiger partial charge in [-0.25, -0.2) is 9.78 Å². The fourth-order valence-corrected chi connectivity index (χ4v) is 3.44. The van der Waals surface area contributed by atoms with E-state index >= 15 is 0 Å². The first-order valence-corrected chi connectivity index (χ1v) is 8.24. The molecule has 1 amide bonds. The topological polar surface area (TPSA) is 54.5 Å². The Balaban J connectivity index is 1.64. The van der Waals surface area contributed by atoms with E-state index in [9.17, 15) is 4.79 Å². The molecule has 1 atom stereocenters. The zero-order valence-electron chi connectivity index (χ0n) is 12.5. The number of nitrogens with one attached hydrogen (secondary N) is 1. The second-order valence-electron chi connectivity index (χ2n) is 5.30. The van der Waals surface area contributed by atoms with Gasteiger partial charge in [0.05, 0.1) is 12.8 Å². The van der Waals surface area contributed by atoms with Crippen LogP contribution >= 0.6 is 11.3 Å². The first-order valence-electron chi connectivity index (χ1n) is 7.36. The van der Waals surface area contributed by atoms with Crippen LogP contribution in [0.3, 0.4) is 0 Å². The van der Waals surface area contributed by atoms with Crippen LogP contribution in [0.2, 0.25) is 0 Å². The van der Waals surface area contributed by atoms with Gasteiger partial charge in [-0.1, -0.05) is 30.3 Å². The van der Waals surface area contributed by atoms with Crippen molar-refractivity contribution >= 4 is 22.6 Å². The van der Waals surface area contributed by atoms with Crippen LogP contribution in [0.15, 0.2) is 35.7 Å². The predicted octanol–water partition coefficient (Wildman–Crippen LogP) is 3.45. The minimum absolute atomic E-state index is 0.225. The summed E-state index contributed by atoms with van der Waals surface area (Å²) in [6, 6.07) is 10.4. The van der Waals surface area contributed by atoms with Crippen LogP contribution in [0.4, 0.5) is 9.93 Å². The monoisotopic (exact) mass is 317 g/mol. The highest BCUT2D eigenvalue weighted by Gasteiger charge is 2.24. The molecule has 3 rings (SSSR count). The maximum absolute atomic E-state index is 11.6. The molecule has 1 N–H and O–H groups in total. The van der Waals surface area contributed by atoms with Gasteiger partial charge in [0, 0.05) is 30.1 Å². The molecule has 1 saturated heterocycles. The lowest BCUT2D eigenvalue weighted by molar-refractivity contribution is 0.113. The van der Waals surface area contributed by atoms with E-state index in [1.54, 1.807) is 16.2 Å². The molecule has 116 valence electrons. The average Bonchev–Trinajstić information content (AvgIpc) is 3.03. The Morgan fingerprint density at radius 3 is 3.00 bits per heavy atom. The second-order valence-corrected chi connectivity index (χ2v) is 6.16. The van der Waals surface area contributed by atoms with Gasteiger partial charge in [-0.15, -0.1) is 11.3 Å². The molecule has 22 heavy (non-hydrogen) atoms. The number of carbonyl (C=O) groups is 1. The van der Waals surface area contributed by atoms with Crippen molar-refractivity contribution in [2.75, 3.05) is 25.5 Å². The summed E-state index contributed by atoms with van der Waals surface area (Å²) in [5.41, 5.74) is 2.10. The van der Waals surface area contributed by atoms with Crippen LogP contribution in [0.5, 0.6) is 0 Å². The summed E-state index contributed by atoms with van der Waals surface area (Å²) in [6.45, 7) is 1.42. The minimum Gasteiger partial charge on any atom is -0.453 e. The molecule has 0 spiro atoms. The number of benzene rings is 1. The highest BCUT2D eigenvalue weighted by atomic mass is 32.1. The van der Waals surface area contributed by atoms with Gasteiger partial charge in [0.25, 0.3) is 0 Å². The Hall–Kier alpha value is -2.08. The fraction of sp³-hybridized carbons (Fsp3) is 0.375. The number of thiazole rings is 1. The van der Waals surface area contributed by atoms with Crippen LogP contribution in [-0.4, -0.2) is 42.2 Å². The predicted molar refractivity (Wildman–Crippen MR) is 88.2 cm³/mol. The minimum atomic E-state index is -0.254. The number of hydrogen-bond donors (Lipinski definition) is 1. The van der Waals surface area contributed by atoms with Gasteiger partial charge >= 0.3 is 6.09 Å². The third-order valence-electron chi connectivity index (χ3n) is 3.76. The van der Waals surface area contributed by atoms with E-state index in [1.807, 2.05) is 18.2 Å². The first-order chi connectivity index (χ1) is 10.8. The molecule has 2 aromatic rings. The first kappa shape index (κ1) is 14.8. The largest absolute Gasteiger partial charge is 0.453 e. The van der Waals surface area contributed by atoms with Crippen molar-refractivity contribution in [2.45, 2.75) is 18.9 Å². The summed E-state index contributed by atoms with van der Waals surface area (Å²) in [5.74, 6) is 0. The molecule has 6 heteroatoms. The van der Waals surface area contributed by atoms with Gasteiger partial charge in [-0.3, -0.25) is 0 Å². The number of methoxy groups -OCH3 is 1. The van der Waals surface area contributed by atoms with Crippen molar-refractivity contribution in [2.24, 2.45) is 0 Å². The quantitative estimate of drug-likeness (QED) is 0.942. The van der Waals surface area contributed by atoms with Crippen LogP contribution in [0.1, 0.15) is 12.8 Å². The van der Waals surface area contributed by atoms with E-state index in [2.05, 4.69) is 27.8 Å². The third-order valence-corrected chi connectivity index (χ3v) is 4.53. The van der Waals surface area contributed by atoms with Gasteiger partial charge in [0.2, 0.25) is 0 Å². The molecular weight excluding hydrogens is 298 g/mol. The molecule has 0 radical (unpaired) electrons. The zero-order chi connectivity index (χ0) is 15.4. The number of rotatable bonds is 3. The second kappa shape index (κ2) is 6.79. The lowest BCUT2D eigenvalue weighted by Crippen LogP contribution is -2.45. The molecule has 5 nitrogen and oxygen atoms in total. The number of amides is 1. The van der Waals surface area contributed by atoms with E-state index < -0.39 is 0 Å². The number of carbonyl (C=O) groups excluding carboxylic acids is 1. The summed E-state index contributed by atoms with van der Waals surface area (Å²) < 4.78 is 4.80. The summed E-state index contributed by atoms with van der Waals surface area (Å²) in [5, 5.41) is 6.39. The Bertz CT molecular complexity index is 629. The van der Waals surface area contributed by atoms with Gasteiger partial charge in [0.1, 0.15) is 0 Å². The average molecular weight is 317 g/mol.